The van der Waals surface area contributed by atoms with Gasteiger partial charge in [-0.3, -0.25) is 4.79 Å². The van der Waals surface area contributed by atoms with Gasteiger partial charge in [0.25, 0.3) is 0 Å². The number of hydrogen-bond acceptors (Lipinski definition) is 5. The van der Waals surface area contributed by atoms with Crippen LogP contribution in [0.5, 0.6) is 0 Å². The van der Waals surface area contributed by atoms with Crippen LogP contribution in [0.4, 0.5) is 0 Å². The molecule has 1 aromatic carbocycles. The van der Waals surface area contributed by atoms with Crippen LogP contribution in [0, 0.1) is 75.0 Å². The van der Waals surface area contributed by atoms with Crippen LogP contribution in [0.25, 0.3) is 0 Å². The second kappa shape index (κ2) is 22.8. The smallest absolute Gasteiger partial charge is 0.466 e. The molecule has 0 amide bonds. The fraction of sp³-hybridized carbons (Fsp3) is 0.412. The number of carbonyl (C=O) groups is 2. The van der Waals surface area contributed by atoms with Crippen LogP contribution >= 0.6 is 0 Å². The second-order valence-corrected chi connectivity index (χ2v) is 9.12. The minimum absolute atomic E-state index is 0. The minimum atomic E-state index is -0.822. The third-order valence-corrected chi connectivity index (χ3v) is 6.09. The number of rotatable bonds is 14. The van der Waals surface area contributed by atoms with E-state index in [1.165, 1.54) is 26.4 Å². The molecule has 0 heterocycles. The van der Waals surface area contributed by atoms with Gasteiger partial charge in [0, 0.05) is 25.9 Å². The van der Waals surface area contributed by atoms with Crippen molar-refractivity contribution < 1.29 is 40.9 Å². The van der Waals surface area contributed by atoms with E-state index in [4.69, 9.17) is 14.2 Å². The van der Waals surface area contributed by atoms with Gasteiger partial charge < -0.3 is 14.2 Å². The van der Waals surface area contributed by atoms with E-state index in [1.807, 2.05) is 81.7 Å². The van der Waals surface area contributed by atoms with Crippen molar-refractivity contribution in [2.45, 2.75) is 77.4 Å². The summed E-state index contributed by atoms with van der Waals surface area (Å²) in [7, 11) is 1.49. The van der Waals surface area contributed by atoms with E-state index in [9.17, 15) is 9.59 Å². The fourth-order valence-electron chi connectivity index (χ4n) is 4.09. The molecule has 0 saturated heterocycles. The predicted octanol–water partition coefficient (Wildman–Crippen LogP) is 6.79. The van der Waals surface area contributed by atoms with Gasteiger partial charge in [0.2, 0.25) is 0 Å². The summed E-state index contributed by atoms with van der Waals surface area (Å²) in [6.07, 6.45) is 21.3. The average molecular weight is 587 g/mol. The molecule has 2 aliphatic carbocycles. The zero-order valence-corrected chi connectivity index (χ0v) is 25.0. The summed E-state index contributed by atoms with van der Waals surface area (Å²) < 4.78 is 16.5. The molecule has 0 N–H and O–H groups in total. The molecule has 5 nitrogen and oxygen atoms in total. The van der Waals surface area contributed by atoms with Crippen LogP contribution in [-0.4, -0.2) is 31.8 Å². The van der Waals surface area contributed by atoms with Crippen molar-refractivity contribution in [3.63, 3.8) is 0 Å². The Balaban J connectivity index is 0.00000120. The normalized spacial score (nSPS) is 16.5. The summed E-state index contributed by atoms with van der Waals surface area (Å²) in [5, 5.41) is 0. The molecule has 6 heteroatoms. The van der Waals surface area contributed by atoms with Gasteiger partial charge in [-0.15, -0.1) is 5.92 Å². The maximum atomic E-state index is 13.1. The summed E-state index contributed by atoms with van der Waals surface area (Å²) >= 11 is 0. The molecule has 0 aromatic heterocycles. The number of benzene rings is 1. The van der Waals surface area contributed by atoms with Crippen LogP contribution in [0.2, 0.25) is 0 Å². The topological polar surface area (TPSA) is 61.8 Å². The first-order valence-electron chi connectivity index (χ1n) is 14.0. The fourth-order valence-corrected chi connectivity index (χ4v) is 4.09. The van der Waals surface area contributed by atoms with Crippen LogP contribution in [0.3, 0.4) is 0 Å². The van der Waals surface area contributed by atoms with Crippen molar-refractivity contribution in [2.75, 3.05) is 13.7 Å². The first-order valence-corrected chi connectivity index (χ1v) is 14.0. The van der Waals surface area contributed by atoms with E-state index in [0.717, 1.165) is 30.2 Å². The monoisotopic (exact) mass is 586 g/mol. The molecular weight excluding hydrogens is 544 g/mol. The molecule has 3 rings (SSSR count). The minimum Gasteiger partial charge on any atom is -0.466 e. The molecule has 0 unspecified atom stereocenters. The maximum Gasteiger partial charge on any atom is 2.00 e. The molecule has 2 saturated carbocycles. The summed E-state index contributed by atoms with van der Waals surface area (Å²) in [4.78, 5) is 24.9. The Morgan fingerprint density at radius 1 is 0.875 bits per heavy atom. The van der Waals surface area contributed by atoms with Crippen molar-refractivity contribution in [2.24, 2.45) is 0 Å². The first kappa shape index (κ1) is 36.2. The quantitative estimate of drug-likeness (QED) is 0.104. The Labute approximate surface area is 254 Å². The predicted molar refractivity (Wildman–Crippen MR) is 154 cm³/mol. The number of methoxy groups -OCH3 is 1. The summed E-state index contributed by atoms with van der Waals surface area (Å²) in [5.74, 6) is 7.52. The number of hydrogen-bond donors (Lipinski definition) is 0. The zero-order valence-electron chi connectivity index (χ0n) is 23.9. The van der Waals surface area contributed by atoms with E-state index in [-0.39, 0.29) is 29.5 Å². The summed E-state index contributed by atoms with van der Waals surface area (Å²) in [5.41, 5.74) is 0.731. The van der Waals surface area contributed by atoms with Gasteiger partial charge in [0.1, 0.15) is 6.10 Å². The van der Waals surface area contributed by atoms with Crippen molar-refractivity contribution >= 4 is 11.9 Å². The van der Waals surface area contributed by atoms with Gasteiger partial charge >= 0.3 is 29.0 Å². The van der Waals surface area contributed by atoms with Crippen molar-refractivity contribution in [3.8, 4) is 11.8 Å². The van der Waals surface area contributed by atoms with Gasteiger partial charge in [-0.2, -0.15) is 0 Å². The van der Waals surface area contributed by atoms with Crippen molar-refractivity contribution in [3.05, 3.63) is 99.1 Å². The van der Waals surface area contributed by atoms with Crippen molar-refractivity contribution in [1.29, 1.82) is 0 Å². The van der Waals surface area contributed by atoms with Gasteiger partial charge in [-0.25, -0.2) is 4.79 Å². The largest absolute Gasteiger partial charge is 2.00 e. The van der Waals surface area contributed by atoms with Gasteiger partial charge in [-0.05, 0) is 83.1 Å². The van der Waals surface area contributed by atoms with Crippen LogP contribution in [0.15, 0.2) is 30.3 Å². The standard InChI is InChI=1S/C29H37O5.C5H5.Fe/c1-4-6-7-8-9-11-16-23-19-14-20-25(23)26(21-15-22-27(30)33-5-2)34-29(31)28(32-3)24-17-12-10-13-18-24;1-2-4-5-3-1;/h10,12-14,17-20,26,28H,4-9,15,21-22H2,1-3H3;1-5H;/q;;+2/t26-,28-;;/m0../s1. The number of unbranched alkanes of at least 4 members (excludes halogenated alkanes) is 4. The Hall–Kier alpha value is -1.80. The van der Waals surface area contributed by atoms with Crippen LogP contribution < -0.4 is 0 Å². The molecule has 10 radical (unpaired) electrons. The molecule has 0 bridgehead atoms. The summed E-state index contributed by atoms with van der Waals surface area (Å²) in [6, 6.07) is 9.27. The Morgan fingerprint density at radius 2 is 1.57 bits per heavy atom. The Bertz CT molecular complexity index is 850. The molecule has 2 atom stereocenters. The SMILES string of the molecule is CCCCCCC#C[C]1[CH][CH][CH][C]1[C@H](CCCC(=O)OCC)OC(=O)[C@@H](OC)c1ccccc1.[CH]1[CH][CH][CH][CH]1.[Fe+2]. The first-order chi connectivity index (χ1) is 19.1. The second-order valence-electron chi connectivity index (χ2n) is 9.12. The molecule has 2 aliphatic rings. The van der Waals surface area contributed by atoms with E-state index in [2.05, 4.69) is 18.8 Å². The molecule has 0 aliphatic heterocycles. The average Bonchev–Trinajstić information content (AvgIpc) is 3.67. The van der Waals surface area contributed by atoms with Crippen molar-refractivity contribution in [1.82, 2.24) is 0 Å². The van der Waals surface area contributed by atoms with Gasteiger partial charge in [0.05, 0.1) is 12.5 Å². The van der Waals surface area contributed by atoms with Gasteiger partial charge in [-0.1, -0.05) is 62.4 Å². The van der Waals surface area contributed by atoms with Gasteiger partial charge in [0.15, 0.2) is 6.10 Å². The number of carbonyl (C=O) groups excluding carboxylic acids is 2. The van der Waals surface area contributed by atoms with Crippen LogP contribution in [0.1, 0.15) is 76.9 Å². The molecule has 40 heavy (non-hydrogen) atoms. The zero-order chi connectivity index (χ0) is 28.1. The third-order valence-electron chi connectivity index (χ3n) is 6.09. The van der Waals surface area contributed by atoms with E-state index in [1.54, 1.807) is 6.92 Å². The Morgan fingerprint density at radius 3 is 2.20 bits per heavy atom. The molecule has 1 aromatic rings. The molecule has 0 spiro atoms. The van der Waals surface area contributed by atoms with Crippen LogP contribution in [-0.2, 0) is 40.9 Å². The van der Waals surface area contributed by atoms with E-state index in [0.29, 0.717) is 19.4 Å². The molecular formula is C34H42FeO5+2. The van der Waals surface area contributed by atoms with E-state index < -0.39 is 18.2 Å². The maximum absolute atomic E-state index is 13.1. The molecule has 2 fully saturated rings. The number of esters is 2. The third kappa shape index (κ3) is 14.2. The number of ether oxygens (including phenoxy) is 3. The van der Waals surface area contributed by atoms with E-state index >= 15 is 0 Å². The molecule has 214 valence electrons. The Kier molecular flexibility index (Phi) is 20.7. The summed E-state index contributed by atoms with van der Waals surface area (Å²) in [6.45, 7) is 4.33.